The average molecular weight is 248 g/mol. The minimum atomic E-state index is -0.457. The Bertz CT molecular complexity index is 433. The predicted octanol–water partition coefficient (Wildman–Crippen LogP) is 2.69. The standard InChI is InChI=1S/C15H20O3/c1-17-14-9-11(10-15(16)7-8-15)5-6-13(14)18-12-3-2-4-12/h5-6,9,12,16H,2-4,7-8,10H2,1H3. The van der Waals surface area contributed by atoms with Gasteiger partial charge in [-0.2, -0.15) is 0 Å². The summed E-state index contributed by atoms with van der Waals surface area (Å²) in [5.74, 6) is 1.61. The van der Waals surface area contributed by atoms with E-state index in [9.17, 15) is 5.11 Å². The topological polar surface area (TPSA) is 38.7 Å². The fraction of sp³-hybridized carbons (Fsp3) is 0.600. The molecule has 0 atom stereocenters. The van der Waals surface area contributed by atoms with Gasteiger partial charge >= 0.3 is 0 Å². The van der Waals surface area contributed by atoms with E-state index < -0.39 is 5.60 Å². The van der Waals surface area contributed by atoms with Gasteiger partial charge in [-0.1, -0.05) is 6.07 Å². The molecule has 3 nitrogen and oxygen atoms in total. The van der Waals surface area contributed by atoms with Crippen LogP contribution < -0.4 is 9.47 Å². The van der Waals surface area contributed by atoms with Crippen molar-refractivity contribution in [2.45, 2.75) is 50.2 Å². The van der Waals surface area contributed by atoms with Crippen LogP contribution in [-0.4, -0.2) is 23.9 Å². The van der Waals surface area contributed by atoms with Gasteiger partial charge in [0.15, 0.2) is 11.5 Å². The molecule has 18 heavy (non-hydrogen) atoms. The summed E-state index contributed by atoms with van der Waals surface area (Å²) in [6, 6.07) is 6.00. The van der Waals surface area contributed by atoms with Crippen LogP contribution >= 0.6 is 0 Å². The zero-order chi connectivity index (χ0) is 12.6. The number of hydrogen-bond acceptors (Lipinski definition) is 3. The molecular weight excluding hydrogens is 228 g/mol. The van der Waals surface area contributed by atoms with E-state index in [1.165, 1.54) is 6.42 Å². The number of rotatable bonds is 5. The Hall–Kier alpha value is -1.22. The summed E-state index contributed by atoms with van der Waals surface area (Å²) in [6.07, 6.45) is 6.45. The molecule has 3 heteroatoms. The summed E-state index contributed by atoms with van der Waals surface area (Å²) in [5.41, 5.74) is 0.661. The highest BCUT2D eigenvalue weighted by molar-refractivity contribution is 5.43. The Balaban J connectivity index is 1.73. The number of methoxy groups -OCH3 is 1. The van der Waals surface area contributed by atoms with Crippen molar-refractivity contribution < 1.29 is 14.6 Å². The zero-order valence-electron chi connectivity index (χ0n) is 10.8. The molecule has 3 rings (SSSR count). The molecule has 0 heterocycles. The van der Waals surface area contributed by atoms with Crippen LogP contribution in [0.2, 0.25) is 0 Å². The summed E-state index contributed by atoms with van der Waals surface area (Å²) < 4.78 is 11.3. The molecule has 1 aromatic carbocycles. The predicted molar refractivity (Wildman–Crippen MR) is 69.1 cm³/mol. The fourth-order valence-corrected chi connectivity index (χ4v) is 2.29. The minimum absolute atomic E-state index is 0.359. The molecule has 2 fully saturated rings. The maximum atomic E-state index is 9.94. The van der Waals surface area contributed by atoms with Crippen LogP contribution in [0.4, 0.5) is 0 Å². The van der Waals surface area contributed by atoms with Gasteiger partial charge in [-0.3, -0.25) is 0 Å². The van der Waals surface area contributed by atoms with Crippen molar-refractivity contribution in [1.82, 2.24) is 0 Å². The first-order valence-corrected chi connectivity index (χ1v) is 6.74. The molecule has 0 amide bonds. The molecule has 0 aliphatic heterocycles. The third-order valence-corrected chi connectivity index (χ3v) is 3.93. The molecule has 1 aromatic rings. The normalized spacial score (nSPS) is 21.2. The molecule has 0 unspecified atom stereocenters. The van der Waals surface area contributed by atoms with Crippen LogP contribution in [0.15, 0.2) is 18.2 Å². The zero-order valence-corrected chi connectivity index (χ0v) is 10.8. The van der Waals surface area contributed by atoms with Crippen molar-refractivity contribution in [3.05, 3.63) is 23.8 Å². The molecule has 0 spiro atoms. The van der Waals surface area contributed by atoms with Crippen molar-refractivity contribution in [3.8, 4) is 11.5 Å². The lowest BCUT2D eigenvalue weighted by Crippen LogP contribution is -2.24. The average Bonchev–Trinajstić information content (AvgIpc) is 3.02. The van der Waals surface area contributed by atoms with E-state index in [4.69, 9.17) is 9.47 Å². The molecule has 2 aliphatic carbocycles. The summed E-state index contributed by atoms with van der Waals surface area (Å²) in [5, 5.41) is 9.94. The molecular formula is C15H20O3. The smallest absolute Gasteiger partial charge is 0.161 e. The SMILES string of the molecule is COc1cc(CC2(O)CC2)ccc1OC1CCC1. The van der Waals surface area contributed by atoms with Gasteiger partial charge in [0.05, 0.1) is 18.8 Å². The van der Waals surface area contributed by atoms with Crippen LogP contribution in [0.5, 0.6) is 11.5 Å². The van der Waals surface area contributed by atoms with Gasteiger partial charge in [-0.25, -0.2) is 0 Å². The van der Waals surface area contributed by atoms with Crippen LogP contribution in [0.1, 0.15) is 37.7 Å². The van der Waals surface area contributed by atoms with E-state index in [1.807, 2.05) is 18.2 Å². The van der Waals surface area contributed by atoms with Crippen molar-refractivity contribution in [3.63, 3.8) is 0 Å². The van der Waals surface area contributed by atoms with Crippen LogP contribution in [-0.2, 0) is 6.42 Å². The Morgan fingerprint density at radius 3 is 2.61 bits per heavy atom. The minimum Gasteiger partial charge on any atom is -0.493 e. The fourth-order valence-electron chi connectivity index (χ4n) is 2.29. The van der Waals surface area contributed by atoms with Gasteiger partial charge in [0.1, 0.15) is 0 Å². The maximum absolute atomic E-state index is 9.94. The first-order valence-electron chi connectivity index (χ1n) is 6.74. The second kappa shape index (κ2) is 4.47. The van der Waals surface area contributed by atoms with Crippen molar-refractivity contribution in [2.75, 3.05) is 7.11 Å². The van der Waals surface area contributed by atoms with Gasteiger partial charge in [0, 0.05) is 6.42 Å². The molecule has 2 aliphatic rings. The summed E-state index contributed by atoms with van der Waals surface area (Å²) in [4.78, 5) is 0. The Morgan fingerprint density at radius 1 is 1.28 bits per heavy atom. The Labute approximate surface area is 108 Å². The van der Waals surface area contributed by atoms with Gasteiger partial charge in [-0.05, 0) is 49.8 Å². The van der Waals surface area contributed by atoms with E-state index in [0.717, 1.165) is 42.7 Å². The van der Waals surface area contributed by atoms with Crippen molar-refractivity contribution >= 4 is 0 Å². The quantitative estimate of drug-likeness (QED) is 0.870. The molecule has 2 saturated carbocycles. The van der Waals surface area contributed by atoms with E-state index in [1.54, 1.807) is 7.11 Å². The molecule has 0 radical (unpaired) electrons. The van der Waals surface area contributed by atoms with Crippen LogP contribution in [0, 0.1) is 0 Å². The number of aliphatic hydroxyl groups is 1. The highest BCUT2D eigenvalue weighted by Crippen LogP contribution is 2.40. The van der Waals surface area contributed by atoms with E-state index >= 15 is 0 Å². The highest BCUT2D eigenvalue weighted by Gasteiger charge is 2.40. The number of benzene rings is 1. The third-order valence-electron chi connectivity index (χ3n) is 3.93. The second-order valence-corrected chi connectivity index (χ2v) is 5.56. The first-order chi connectivity index (χ1) is 8.68. The first kappa shape index (κ1) is 11.8. The second-order valence-electron chi connectivity index (χ2n) is 5.56. The summed E-state index contributed by atoms with van der Waals surface area (Å²) >= 11 is 0. The van der Waals surface area contributed by atoms with Gasteiger partial charge in [-0.15, -0.1) is 0 Å². The molecule has 0 aromatic heterocycles. The van der Waals surface area contributed by atoms with Gasteiger partial charge < -0.3 is 14.6 Å². The van der Waals surface area contributed by atoms with E-state index in [-0.39, 0.29) is 0 Å². The third kappa shape index (κ3) is 2.46. The lowest BCUT2D eigenvalue weighted by Gasteiger charge is -2.27. The molecule has 98 valence electrons. The molecule has 0 saturated heterocycles. The lowest BCUT2D eigenvalue weighted by molar-refractivity contribution is 0.116. The van der Waals surface area contributed by atoms with Crippen LogP contribution in [0.25, 0.3) is 0 Å². The van der Waals surface area contributed by atoms with Crippen molar-refractivity contribution in [1.29, 1.82) is 0 Å². The lowest BCUT2D eigenvalue weighted by atomic mass is 9.96. The number of ether oxygens (including phenoxy) is 2. The molecule has 0 bridgehead atoms. The monoisotopic (exact) mass is 248 g/mol. The summed E-state index contributed by atoms with van der Waals surface area (Å²) in [6.45, 7) is 0. The van der Waals surface area contributed by atoms with E-state index in [0.29, 0.717) is 12.5 Å². The number of hydrogen-bond donors (Lipinski definition) is 1. The summed E-state index contributed by atoms with van der Waals surface area (Å²) in [7, 11) is 1.67. The molecule has 1 N–H and O–H groups in total. The Morgan fingerprint density at radius 2 is 2.06 bits per heavy atom. The van der Waals surface area contributed by atoms with Crippen molar-refractivity contribution in [2.24, 2.45) is 0 Å². The maximum Gasteiger partial charge on any atom is 0.161 e. The highest BCUT2D eigenvalue weighted by atomic mass is 16.5. The van der Waals surface area contributed by atoms with Gasteiger partial charge in [0.25, 0.3) is 0 Å². The van der Waals surface area contributed by atoms with Crippen LogP contribution in [0.3, 0.4) is 0 Å². The van der Waals surface area contributed by atoms with Gasteiger partial charge in [0.2, 0.25) is 0 Å². The largest absolute Gasteiger partial charge is 0.493 e. The van der Waals surface area contributed by atoms with E-state index in [2.05, 4.69) is 0 Å². The Kier molecular flexibility index (Phi) is 2.94.